The molecule has 0 aromatic carbocycles. The number of pyridine rings is 1. The predicted molar refractivity (Wildman–Crippen MR) is 84.9 cm³/mol. The summed E-state index contributed by atoms with van der Waals surface area (Å²) >= 11 is 1.47. The van der Waals surface area contributed by atoms with Gasteiger partial charge in [-0.2, -0.15) is 0 Å². The maximum Gasteiger partial charge on any atom is 0.263 e. The molecule has 0 saturated carbocycles. The number of thiophene rings is 1. The van der Waals surface area contributed by atoms with Crippen LogP contribution in [0, 0.1) is 0 Å². The molecule has 1 saturated heterocycles. The number of hydrogen-bond acceptors (Lipinski definition) is 4. The molecule has 0 unspecified atom stereocenters. The molecule has 3 heterocycles. The number of nitrogens with one attached hydrogen (secondary N) is 1. The third-order valence-corrected chi connectivity index (χ3v) is 4.65. The highest BCUT2D eigenvalue weighted by molar-refractivity contribution is 7.12. The third kappa shape index (κ3) is 3.33. The van der Waals surface area contributed by atoms with Gasteiger partial charge in [-0.3, -0.25) is 14.6 Å². The molecule has 5 nitrogen and oxygen atoms in total. The highest BCUT2D eigenvalue weighted by Crippen LogP contribution is 2.17. The first kappa shape index (κ1) is 14.7. The molecule has 1 N–H and O–H groups in total. The molecular weight excluding hydrogens is 298 g/mol. The minimum absolute atomic E-state index is 0.0783. The van der Waals surface area contributed by atoms with Gasteiger partial charge >= 0.3 is 0 Å². The van der Waals surface area contributed by atoms with E-state index in [9.17, 15) is 9.59 Å². The van der Waals surface area contributed by atoms with E-state index in [0.717, 1.165) is 17.7 Å². The van der Waals surface area contributed by atoms with Crippen molar-refractivity contribution in [3.8, 4) is 0 Å². The van der Waals surface area contributed by atoms with Crippen LogP contribution in [0.25, 0.3) is 0 Å². The zero-order valence-corrected chi connectivity index (χ0v) is 12.9. The number of carbonyl (C=O) groups is 2. The van der Waals surface area contributed by atoms with Crippen LogP contribution in [0.5, 0.6) is 0 Å². The average Bonchev–Trinajstić information content (AvgIpc) is 3.10. The summed E-state index contributed by atoms with van der Waals surface area (Å²) in [5, 5.41) is 4.94. The maximum absolute atomic E-state index is 12.3. The van der Waals surface area contributed by atoms with E-state index in [1.807, 2.05) is 22.4 Å². The highest BCUT2D eigenvalue weighted by Gasteiger charge is 2.25. The van der Waals surface area contributed by atoms with E-state index in [4.69, 9.17) is 0 Å². The van der Waals surface area contributed by atoms with Crippen LogP contribution in [-0.2, 0) is 0 Å². The van der Waals surface area contributed by atoms with Crippen molar-refractivity contribution in [2.24, 2.45) is 0 Å². The molecule has 2 amide bonds. The SMILES string of the molecule is O=C(NC1CCN(C(=O)c2cccs2)CC1)c1ccncc1. The molecule has 0 bridgehead atoms. The van der Waals surface area contributed by atoms with E-state index >= 15 is 0 Å². The molecule has 1 aliphatic heterocycles. The standard InChI is InChI=1S/C16H17N3O2S/c20-15(12-3-7-17-8-4-12)18-13-5-9-19(10-6-13)16(21)14-2-1-11-22-14/h1-4,7-8,11,13H,5-6,9-10H2,(H,18,20). The number of likely N-dealkylation sites (tertiary alicyclic amines) is 1. The normalized spacial score (nSPS) is 15.5. The Bertz CT molecular complexity index is 635. The Hall–Kier alpha value is -2.21. The number of hydrogen-bond donors (Lipinski definition) is 1. The van der Waals surface area contributed by atoms with E-state index in [1.54, 1.807) is 24.5 Å². The van der Waals surface area contributed by atoms with Crippen molar-refractivity contribution in [2.75, 3.05) is 13.1 Å². The van der Waals surface area contributed by atoms with Crippen LogP contribution in [0.1, 0.15) is 32.9 Å². The fraction of sp³-hybridized carbons (Fsp3) is 0.312. The van der Waals surface area contributed by atoms with Crippen molar-refractivity contribution in [1.82, 2.24) is 15.2 Å². The van der Waals surface area contributed by atoms with E-state index in [2.05, 4.69) is 10.3 Å². The zero-order valence-electron chi connectivity index (χ0n) is 12.1. The summed E-state index contributed by atoms with van der Waals surface area (Å²) in [6.45, 7) is 1.36. The van der Waals surface area contributed by atoms with Crippen molar-refractivity contribution >= 4 is 23.2 Å². The highest BCUT2D eigenvalue weighted by atomic mass is 32.1. The summed E-state index contributed by atoms with van der Waals surface area (Å²) in [7, 11) is 0. The smallest absolute Gasteiger partial charge is 0.263 e. The molecule has 2 aromatic rings. The van der Waals surface area contributed by atoms with Crippen molar-refractivity contribution in [1.29, 1.82) is 0 Å². The van der Waals surface area contributed by atoms with Gasteiger partial charge in [-0.25, -0.2) is 0 Å². The van der Waals surface area contributed by atoms with Crippen LogP contribution in [0.3, 0.4) is 0 Å². The quantitative estimate of drug-likeness (QED) is 0.944. The fourth-order valence-corrected chi connectivity index (χ4v) is 3.25. The summed E-state index contributed by atoms with van der Waals surface area (Å²) in [6, 6.07) is 7.26. The largest absolute Gasteiger partial charge is 0.349 e. The summed E-state index contributed by atoms with van der Waals surface area (Å²) in [6.07, 6.45) is 4.79. The van der Waals surface area contributed by atoms with Crippen LogP contribution in [0.15, 0.2) is 42.0 Å². The Balaban J connectivity index is 1.52. The Morgan fingerprint density at radius 1 is 1.18 bits per heavy atom. The van der Waals surface area contributed by atoms with Gasteiger partial charge in [-0.1, -0.05) is 6.07 Å². The molecule has 1 aliphatic rings. The van der Waals surface area contributed by atoms with Gasteiger partial charge in [0.1, 0.15) is 0 Å². The first-order valence-corrected chi connectivity index (χ1v) is 8.15. The number of piperidine rings is 1. The van der Waals surface area contributed by atoms with Gasteiger partial charge in [-0.05, 0) is 36.4 Å². The monoisotopic (exact) mass is 315 g/mol. The topological polar surface area (TPSA) is 62.3 Å². The molecule has 3 rings (SSSR count). The second-order valence-electron chi connectivity index (χ2n) is 5.25. The lowest BCUT2D eigenvalue weighted by Gasteiger charge is -2.32. The lowest BCUT2D eigenvalue weighted by molar-refractivity contribution is 0.0703. The number of nitrogens with zero attached hydrogens (tertiary/aromatic N) is 2. The Morgan fingerprint density at radius 2 is 1.91 bits per heavy atom. The first-order valence-electron chi connectivity index (χ1n) is 7.28. The minimum Gasteiger partial charge on any atom is -0.349 e. The Labute approximate surface area is 133 Å². The molecule has 22 heavy (non-hydrogen) atoms. The second kappa shape index (κ2) is 6.70. The average molecular weight is 315 g/mol. The van der Waals surface area contributed by atoms with Gasteiger partial charge in [0, 0.05) is 37.1 Å². The van der Waals surface area contributed by atoms with Crippen LogP contribution in [0.4, 0.5) is 0 Å². The van der Waals surface area contributed by atoms with E-state index in [1.165, 1.54) is 11.3 Å². The molecule has 0 spiro atoms. The van der Waals surface area contributed by atoms with E-state index < -0.39 is 0 Å². The van der Waals surface area contributed by atoms with E-state index in [0.29, 0.717) is 18.7 Å². The van der Waals surface area contributed by atoms with Crippen molar-refractivity contribution in [3.63, 3.8) is 0 Å². The van der Waals surface area contributed by atoms with Gasteiger partial charge in [-0.15, -0.1) is 11.3 Å². The predicted octanol–water partition coefficient (Wildman–Crippen LogP) is 2.18. The van der Waals surface area contributed by atoms with E-state index in [-0.39, 0.29) is 17.9 Å². The number of aromatic nitrogens is 1. The van der Waals surface area contributed by atoms with Gasteiger partial charge in [0.15, 0.2) is 0 Å². The first-order chi connectivity index (χ1) is 10.7. The molecule has 1 fully saturated rings. The molecule has 6 heteroatoms. The van der Waals surface area contributed by atoms with Crippen molar-refractivity contribution in [2.45, 2.75) is 18.9 Å². The molecule has 0 atom stereocenters. The maximum atomic E-state index is 12.3. The van der Waals surface area contributed by atoms with Gasteiger partial charge in [0.25, 0.3) is 11.8 Å². The third-order valence-electron chi connectivity index (χ3n) is 3.79. The van der Waals surface area contributed by atoms with Crippen LogP contribution in [0.2, 0.25) is 0 Å². The summed E-state index contributed by atoms with van der Waals surface area (Å²) in [4.78, 5) is 30.9. The van der Waals surface area contributed by atoms with Crippen LogP contribution in [-0.4, -0.2) is 40.8 Å². The number of carbonyl (C=O) groups excluding carboxylic acids is 2. The zero-order chi connectivity index (χ0) is 15.4. The van der Waals surface area contributed by atoms with Crippen molar-refractivity contribution < 1.29 is 9.59 Å². The van der Waals surface area contributed by atoms with Crippen molar-refractivity contribution in [3.05, 3.63) is 52.5 Å². The van der Waals surface area contributed by atoms with Gasteiger partial charge in [0.05, 0.1) is 4.88 Å². The molecule has 0 radical (unpaired) electrons. The van der Waals surface area contributed by atoms with Crippen LogP contribution >= 0.6 is 11.3 Å². The molecule has 2 aromatic heterocycles. The number of amides is 2. The molecule has 114 valence electrons. The second-order valence-corrected chi connectivity index (χ2v) is 6.20. The molecular formula is C16H17N3O2S. The fourth-order valence-electron chi connectivity index (χ4n) is 2.56. The summed E-state index contributed by atoms with van der Waals surface area (Å²) in [5.41, 5.74) is 0.618. The minimum atomic E-state index is -0.0783. The van der Waals surface area contributed by atoms with Gasteiger partial charge < -0.3 is 10.2 Å². The van der Waals surface area contributed by atoms with Gasteiger partial charge in [0.2, 0.25) is 0 Å². The van der Waals surface area contributed by atoms with Crippen LogP contribution < -0.4 is 5.32 Å². The summed E-state index contributed by atoms with van der Waals surface area (Å²) in [5.74, 6) is 0.0133. The lowest BCUT2D eigenvalue weighted by atomic mass is 10.0. The Kier molecular flexibility index (Phi) is 4.48. The number of rotatable bonds is 3. The lowest BCUT2D eigenvalue weighted by Crippen LogP contribution is -2.46. The summed E-state index contributed by atoms with van der Waals surface area (Å²) < 4.78 is 0. The Morgan fingerprint density at radius 3 is 2.55 bits per heavy atom. The molecule has 0 aliphatic carbocycles.